The molecule has 5 rings (SSSR count). The van der Waals surface area contributed by atoms with Crippen LogP contribution in [0.2, 0.25) is 0 Å². The summed E-state index contributed by atoms with van der Waals surface area (Å²) in [6, 6.07) is 11.9. The first-order valence-electron chi connectivity index (χ1n) is 12.0. The van der Waals surface area contributed by atoms with E-state index < -0.39 is 11.8 Å². The summed E-state index contributed by atoms with van der Waals surface area (Å²) in [6.45, 7) is 0.0631. The van der Waals surface area contributed by atoms with Crippen LogP contribution in [0, 0.1) is 11.7 Å². The van der Waals surface area contributed by atoms with Crippen LogP contribution in [-0.4, -0.2) is 29.4 Å². The molecule has 2 aromatic carbocycles. The minimum Gasteiger partial charge on any atom is -0.497 e. The van der Waals surface area contributed by atoms with Gasteiger partial charge in [-0.1, -0.05) is 17.3 Å². The predicted octanol–water partition coefficient (Wildman–Crippen LogP) is 6.08. The van der Waals surface area contributed by atoms with Crippen molar-refractivity contribution >= 4 is 19.5 Å². The molecule has 0 unspecified atom stereocenters. The zero-order valence-corrected chi connectivity index (χ0v) is 21.0. The Labute approximate surface area is 216 Å². The Kier molecular flexibility index (Phi) is 8.08. The molecule has 1 atom stereocenters. The van der Waals surface area contributed by atoms with E-state index in [-0.39, 0.29) is 49.9 Å². The van der Waals surface area contributed by atoms with E-state index in [1.807, 2.05) is 24.3 Å². The van der Waals surface area contributed by atoms with Gasteiger partial charge in [0.25, 0.3) is 0 Å². The summed E-state index contributed by atoms with van der Waals surface area (Å²) in [5.41, 5.74) is 1.60. The molecule has 0 radical (unpaired) electrons. The van der Waals surface area contributed by atoms with Gasteiger partial charge in [-0.25, -0.2) is 4.39 Å². The number of carboxylic acids is 1. The van der Waals surface area contributed by atoms with Crippen molar-refractivity contribution in [3.63, 3.8) is 0 Å². The number of hydrogen-bond acceptors (Lipinski definition) is 6. The van der Waals surface area contributed by atoms with Crippen LogP contribution in [0.5, 0.6) is 17.2 Å². The number of benzene rings is 2. The van der Waals surface area contributed by atoms with Crippen LogP contribution in [0.15, 0.2) is 47.0 Å². The fourth-order valence-corrected chi connectivity index (χ4v) is 4.39. The third-order valence-corrected chi connectivity index (χ3v) is 6.72. The first-order chi connectivity index (χ1) is 17.0. The molecule has 192 valence electrons. The summed E-state index contributed by atoms with van der Waals surface area (Å²) >= 11 is 0. The minimum atomic E-state index is -0.800. The normalized spacial score (nSPS) is 15.9. The zero-order chi connectivity index (χ0) is 24.4. The molecule has 3 aromatic rings. The number of halogens is 1. The minimum absolute atomic E-state index is 0. The maximum absolute atomic E-state index is 14.7. The number of aromatic nitrogens is 1. The topological polar surface area (TPSA) is 91.0 Å². The molecule has 7 nitrogen and oxygen atoms in total. The highest BCUT2D eigenvalue weighted by atomic mass is 32.1. The first kappa shape index (κ1) is 25.9. The number of hydrogen-bond donors (Lipinski definition) is 1. The molecule has 1 N–H and O–H groups in total. The molecule has 2 aliphatic carbocycles. The molecule has 2 fully saturated rings. The average Bonchev–Trinajstić information content (AvgIpc) is 3.59. The number of aliphatic carboxylic acids is 1. The lowest BCUT2D eigenvalue weighted by Gasteiger charge is -2.26. The fraction of sp³-hybridized carbons (Fsp3) is 0.407. The Morgan fingerprint density at radius 3 is 2.64 bits per heavy atom. The number of rotatable bonds is 11. The fourth-order valence-electron chi connectivity index (χ4n) is 4.39. The number of ether oxygens (including phenoxy) is 3. The van der Waals surface area contributed by atoms with Crippen LogP contribution in [0.4, 0.5) is 4.39 Å². The van der Waals surface area contributed by atoms with Crippen LogP contribution in [-0.2, 0) is 11.4 Å². The molecule has 9 heteroatoms. The van der Waals surface area contributed by atoms with Crippen molar-refractivity contribution in [1.29, 1.82) is 0 Å². The van der Waals surface area contributed by atoms with Gasteiger partial charge in [-0.05, 0) is 79.8 Å². The summed E-state index contributed by atoms with van der Waals surface area (Å²) < 4.78 is 37.6. The van der Waals surface area contributed by atoms with E-state index in [1.54, 1.807) is 6.07 Å². The number of carboxylic acid groups (broad SMARTS) is 1. The Morgan fingerprint density at radius 2 is 1.97 bits per heavy atom. The summed E-state index contributed by atoms with van der Waals surface area (Å²) in [5.74, 6) is 0.786. The molecule has 0 bridgehead atoms. The van der Waals surface area contributed by atoms with Gasteiger partial charge in [0.1, 0.15) is 23.9 Å². The predicted molar refractivity (Wildman–Crippen MR) is 136 cm³/mol. The summed E-state index contributed by atoms with van der Waals surface area (Å²) in [7, 11) is 1.51. The SMILES string of the molecule is COc1ccc(F)c(-c2onc(COc3cccc([C@@H](CC(=O)O)C4CC4)c3)c2OC2CCC2)c1.S. The molecular formula is C27H30FNO6S. The van der Waals surface area contributed by atoms with Gasteiger partial charge in [-0.15, -0.1) is 0 Å². The van der Waals surface area contributed by atoms with Crippen LogP contribution >= 0.6 is 13.5 Å². The molecule has 2 aliphatic rings. The van der Waals surface area contributed by atoms with Gasteiger partial charge in [0.2, 0.25) is 5.76 Å². The van der Waals surface area contributed by atoms with E-state index in [1.165, 1.54) is 19.2 Å². The third kappa shape index (κ3) is 5.78. The Bertz CT molecular complexity index is 1210. The van der Waals surface area contributed by atoms with Crippen molar-refractivity contribution in [3.05, 3.63) is 59.5 Å². The van der Waals surface area contributed by atoms with E-state index in [2.05, 4.69) is 5.16 Å². The van der Waals surface area contributed by atoms with Crippen molar-refractivity contribution < 1.29 is 33.0 Å². The monoisotopic (exact) mass is 515 g/mol. The summed E-state index contributed by atoms with van der Waals surface area (Å²) in [5, 5.41) is 13.5. The van der Waals surface area contributed by atoms with Crippen molar-refractivity contribution in [3.8, 4) is 28.6 Å². The molecule has 0 amide bonds. The lowest BCUT2D eigenvalue weighted by Crippen LogP contribution is -2.25. The van der Waals surface area contributed by atoms with Crippen molar-refractivity contribution in [2.24, 2.45) is 5.92 Å². The lowest BCUT2D eigenvalue weighted by atomic mass is 9.91. The number of nitrogens with zero attached hydrogens (tertiary/aromatic N) is 1. The highest BCUT2D eigenvalue weighted by Crippen LogP contribution is 2.45. The average molecular weight is 516 g/mol. The second-order valence-corrected chi connectivity index (χ2v) is 9.21. The molecule has 1 aromatic heterocycles. The van der Waals surface area contributed by atoms with Gasteiger partial charge in [0.05, 0.1) is 25.2 Å². The van der Waals surface area contributed by atoms with Gasteiger partial charge in [-0.2, -0.15) is 13.5 Å². The molecule has 0 spiro atoms. The lowest BCUT2D eigenvalue weighted by molar-refractivity contribution is -0.137. The van der Waals surface area contributed by atoms with Crippen LogP contribution in [0.25, 0.3) is 11.3 Å². The molecule has 2 saturated carbocycles. The Balaban J connectivity index is 0.00000304. The number of carbonyl (C=O) groups is 1. The van der Waals surface area contributed by atoms with Crippen LogP contribution in [0.3, 0.4) is 0 Å². The van der Waals surface area contributed by atoms with Crippen molar-refractivity contribution in [2.45, 2.75) is 57.2 Å². The molecule has 0 aliphatic heterocycles. The van der Waals surface area contributed by atoms with Gasteiger partial charge in [-0.3, -0.25) is 4.79 Å². The van der Waals surface area contributed by atoms with Crippen molar-refractivity contribution in [2.75, 3.05) is 7.11 Å². The third-order valence-electron chi connectivity index (χ3n) is 6.72. The largest absolute Gasteiger partial charge is 0.497 e. The van der Waals surface area contributed by atoms with Gasteiger partial charge < -0.3 is 23.8 Å². The highest BCUT2D eigenvalue weighted by Gasteiger charge is 2.34. The Hall–Kier alpha value is -3.20. The van der Waals surface area contributed by atoms with Crippen LogP contribution < -0.4 is 14.2 Å². The second-order valence-electron chi connectivity index (χ2n) is 9.21. The van der Waals surface area contributed by atoms with E-state index in [4.69, 9.17) is 18.7 Å². The summed E-state index contributed by atoms with van der Waals surface area (Å²) in [4.78, 5) is 11.4. The quantitative estimate of drug-likeness (QED) is 0.331. The molecule has 36 heavy (non-hydrogen) atoms. The number of methoxy groups -OCH3 is 1. The van der Waals surface area contributed by atoms with E-state index >= 15 is 0 Å². The maximum Gasteiger partial charge on any atom is 0.303 e. The highest BCUT2D eigenvalue weighted by molar-refractivity contribution is 7.59. The smallest absolute Gasteiger partial charge is 0.303 e. The Morgan fingerprint density at radius 1 is 1.17 bits per heavy atom. The maximum atomic E-state index is 14.7. The molecule has 0 saturated heterocycles. The van der Waals surface area contributed by atoms with Gasteiger partial charge >= 0.3 is 5.97 Å². The van der Waals surface area contributed by atoms with E-state index in [0.29, 0.717) is 28.9 Å². The summed E-state index contributed by atoms with van der Waals surface area (Å²) in [6.07, 6.45) is 5.14. The van der Waals surface area contributed by atoms with Crippen LogP contribution in [0.1, 0.15) is 55.7 Å². The zero-order valence-electron chi connectivity index (χ0n) is 20.0. The van der Waals surface area contributed by atoms with E-state index in [0.717, 1.165) is 37.7 Å². The molecular weight excluding hydrogens is 485 g/mol. The van der Waals surface area contributed by atoms with Gasteiger partial charge in [0.15, 0.2) is 11.4 Å². The second kappa shape index (κ2) is 11.2. The first-order valence-corrected chi connectivity index (χ1v) is 12.0. The van der Waals surface area contributed by atoms with Gasteiger partial charge in [0, 0.05) is 0 Å². The molecule has 1 heterocycles. The standard InChI is InChI=1S/C27H28FNO6.H2S/c1-32-19-10-11-23(28)22(13-19)26-27(34-18-5-3-6-18)24(29-35-26)15-33-20-7-2-4-17(12-20)21(14-25(30)31)16-8-9-16;/h2,4,7,10-13,16,18,21H,3,5-6,8-9,14-15H2,1H3,(H,30,31);1H2/t21-;/m0./s1. The van der Waals surface area contributed by atoms with E-state index in [9.17, 15) is 14.3 Å². The van der Waals surface area contributed by atoms with Crippen molar-refractivity contribution in [1.82, 2.24) is 5.16 Å².